The van der Waals surface area contributed by atoms with Crippen molar-refractivity contribution >= 4 is 44.4 Å². The average molecular weight is 493 g/mol. The van der Waals surface area contributed by atoms with Gasteiger partial charge in [-0.1, -0.05) is 45.7 Å². The maximum Gasteiger partial charge on any atom is 0.301 e. The Morgan fingerprint density at radius 1 is 0.935 bits per heavy atom. The Hall–Kier alpha value is -3.42. The summed E-state index contributed by atoms with van der Waals surface area (Å²) >= 11 is 9.59. The van der Waals surface area contributed by atoms with Gasteiger partial charge in [-0.05, 0) is 54.6 Å². The van der Waals surface area contributed by atoms with Gasteiger partial charge in [0.05, 0.1) is 5.69 Å². The van der Waals surface area contributed by atoms with Gasteiger partial charge < -0.3 is 5.73 Å². The highest BCUT2D eigenvalue weighted by molar-refractivity contribution is 9.10. The molecular weight excluding hydrogens is 478 g/mol. The first-order chi connectivity index (χ1) is 15.0. The number of rotatable bonds is 3. The molecule has 5 aromatic rings. The van der Waals surface area contributed by atoms with Crippen molar-refractivity contribution in [2.24, 2.45) is 0 Å². The van der Waals surface area contributed by atoms with Gasteiger partial charge in [-0.2, -0.15) is 4.98 Å². The monoisotopic (exact) mass is 491 g/mol. The molecule has 0 bridgehead atoms. The topological polar surface area (TPSA) is 78.7 Å². The number of imidazole rings is 1. The minimum Gasteiger partial charge on any atom is -0.399 e. The van der Waals surface area contributed by atoms with Gasteiger partial charge >= 0.3 is 5.56 Å². The molecule has 2 N–H and O–H groups in total. The molecular formula is C23H15BrClN5O. The molecule has 0 amide bonds. The van der Waals surface area contributed by atoms with Gasteiger partial charge in [0.1, 0.15) is 12.2 Å². The van der Waals surface area contributed by atoms with Gasteiger partial charge in [-0.25, -0.2) is 4.98 Å². The zero-order valence-corrected chi connectivity index (χ0v) is 18.4. The van der Waals surface area contributed by atoms with Gasteiger partial charge in [0.15, 0.2) is 11.2 Å². The summed E-state index contributed by atoms with van der Waals surface area (Å²) in [6.07, 6.45) is 1.61. The maximum atomic E-state index is 12.9. The first kappa shape index (κ1) is 19.5. The number of nitrogen functional groups attached to an aromatic ring is 1. The lowest BCUT2D eigenvalue weighted by molar-refractivity contribution is 0.970. The summed E-state index contributed by atoms with van der Waals surface area (Å²) < 4.78 is 4.68. The molecule has 0 aliphatic carbocycles. The van der Waals surface area contributed by atoms with Crippen molar-refractivity contribution in [3.05, 3.63) is 99.0 Å². The van der Waals surface area contributed by atoms with Crippen LogP contribution in [0.5, 0.6) is 0 Å². The number of nitrogens with two attached hydrogens (primary N) is 1. The molecule has 0 unspecified atom stereocenters. The molecule has 6 nitrogen and oxygen atoms in total. The van der Waals surface area contributed by atoms with Gasteiger partial charge in [0.2, 0.25) is 0 Å². The van der Waals surface area contributed by atoms with Crippen molar-refractivity contribution < 1.29 is 0 Å². The summed E-state index contributed by atoms with van der Waals surface area (Å²) in [6.45, 7) is 0. The molecule has 152 valence electrons. The zero-order valence-electron chi connectivity index (χ0n) is 16.0. The van der Waals surface area contributed by atoms with E-state index in [0.717, 1.165) is 21.4 Å². The molecule has 0 fully saturated rings. The Morgan fingerprint density at radius 2 is 1.68 bits per heavy atom. The summed E-state index contributed by atoms with van der Waals surface area (Å²) in [6, 6.07) is 22.4. The lowest BCUT2D eigenvalue weighted by atomic mass is 10.2. The molecule has 0 radical (unpaired) electrons. The minimum atomic E-state index is -0.402. The lowest BCUT2D eigenvalue weighted by Gasteiger charge is -2.17. The fourth-order valence-electron chi connectivity index (χ4n) is 3.50. The minimum absolute atomic E-state index is 0.262. The summed E-state index contributed by atoms with van der Waals surface area (Å²) in [5, 5.41) is 0.614. The van der Waals surface area contributed by atoms with Crippen LogP contribution in [0.3, 0.4) is 0 Å². The third kappa shape index (κ3) is 3.52. The third-order valence-electron chi connectivity index (χ3n) is 4.91. The second-order valence-electron chi connectivity index (χ2n) is 6.94. The van der Waals surface area contributed by atoms with E-state index in [2.05, 4.69) is 25.9 Å². The first-order valence-electron chi connectivity index (χ1n) is 9.39. The molecule has 31 heavy (non-hydrogen) atoms. The van der Waals surface area contributed by atoms with Gasteiger partial charge in [0, 0.05) is 26.4 Å². The van der Waals surface area contributed by atoms with Crippen LogP contribution < -0.4 is 11.3 Å². The van der Waals surface area contributed by atoms with Crippen molar-refractivity contribution in [3.8, 4) is 22.8 Å². The molecule has 5 rings (SSSR count). The summed E-state index contributed by atoms with van der Waals surface area (Å²) in [7, 11) is 0. The summed E-state index contributed by atoms with van der Waals surface area (Å²) in [5.74, 6) is 0.498. The molecule has 3 aromatic carbocycles. The predicted octanol–water partition coefficient (Wildman–Crippen LogP) is 5.24. The highest BCUT2D eigenvalue weighted by Crippen LogP contribution is 2.28. The van der Waals surface area contributed by atoms with Crippen molar-refractivity contribution in [1.82, 2.24) is 19.1 Å². The fourth-order valence-corrected chi connectivity index (χ4v) is 3.89. The molecule has 2 aromatic heterocycles. The van der Waals surface area contributed by atoms with Crippen LogP contribution in [0.1, 0.15) is 0 Å². The fraction of sp³-hybridized carbons (Fsp3) is 0. The quantitative estimate of drug-likeness (QED) is 0.350. The van der Waals surface area contributed by atoms with E-state index in [1.54, 1.807) is 18.5 Å². The number of fused-ring (bicyclic) bond motifs is 1. The van der Waals surface area contributed by atoms with E-state index in [1.807, 2.05) is 69.8 Å². The molecule has 0 aliphatic rings. The number of hydrogen-bond donors (Lipinski definition) is 1. The molecule has 2 heterocycles. The van der Waals surface area contributed by atoms with Crippen LogP contribution in [0.4, 0.5) is 5.69 Å². The van der Waals surface area contributed by atoms with E-state index < -0.39 is 5.56 Å². The lowest BCUT2D eigenvalue weighted by Crippen LogP contribution is -2.17. The average Bonchev–Trinajstić information content (AvgIpc) is 3.21. The second-order valence-corrected chi connectivity index (χ2v) is 8.29. The van der Waals surface area contributed by atoms with E-state index in [4.69, 9.17) is 17.3 Å². The standard InChI is InChI=1S/C23H15BrClN5O/c24-15-6-4-14(5-7-15)21-28-22(31)20-23(30(21)18-10-8-16(25)9-11-18)29(13-27-20)19-3-1-2-17(26)12-19/h1-13H,26H2. The molecule has 0 atom stereocenters. The molecule has 0 spiro atoms. The number of nitrogens with zero attached hydrogens (tertiary/aromatic N) is 4. The molecule has 0 saturated carbocycles. The van der Waals surface area contributed by atoms with E-state index in [-0.39, 0.29) is 5.52 Å². The third-order valence-corrected chi connectivity index (χ3v) is 5.69. The Kier molecular flexibility index (Phi) is 4.84. The van der Waals surface area contributed by atoms with Gasteiger partial charge in [-0.15, -0.1) is 0 Å². The van der Waals surface area contributed by atoms with E-state index >= 15 is 0 Å². The van der Waals surface area contributed by atoms with Gasteiger partial charge in [0.25, 0.3) is 0 Å². The largest absolute Gasteiger partial charge is 0.399 e. The molecule has 0 saturated heterocycles. The van der Waals surface area contributed by atoms with Crippen LogP contribution in [-0.2, 0) is 0 Å². The van der Waals surface area contributed by atoms with E-state index in [0.29, 0.717) is 22.2 Å². The highest BCUT2D eigenvalue weighted by atomic mass is 79.9. The van der Waals surface area contributed by atoms with Crippen LogP contribution in [0.25, 0.3) is 33.9 Å². The van der Waals surface area contributed by atoms with Gasteiger partial charge in [-0.3, -0.25) is 13.9 Å². The van der Waals surface area contributed by atoms with Crippen molar-refractivity contribution in [1.29, 1.82) is 0 Å². The van der Waals surface area contributed by atoms with Crippen LogP contribution in [0.15, 0.2) is 88.4 Å². The highest BCUT2D eigenvalue weighted by Gasteiger charge is 2.19. The summed E-state index contributed by atoms with van der Waals surface area (Å²) in [4.78, 5) is 21.7. The normalized spacial score (nSPS) is 11.2. The van der Waals surface area contributed by atoms with Crippen molar-refractivity contribution in [2.45, 2.75) is 0 Å². The first-order valence-corrected chi connectivity index (χ1v) is 10.6. The molecule has 8 heteroatoms. The zero-order chi connectivity index (χ0) is 21.5. The van der Waals surface area contributed by atoms with Crippen LogP contribution in [-0.4, -0.2) is 19.1 Å². The van der Waals surface area contributed by atoms with Crippen LogP contribution in [0.2, 0.25) is 5.02 Å². The molecule has 0 aliphatic heterocycles. The van der Waals surface area contributed by atoms with Crippen LogP contribution >= 0.6 is 27.5 Å². The summed E-state index contributed by atoms with van der Waals surface area (Å²) in [5.41, 5.74) is 9.44. The predicted molar refractivity (Wildman–Crippen MR) is 127 cm³/mol. The Labute approximate surface area is 190 Å². The maximum absolute atomic E-state index is 12.9. The van der Waals surface area contributed by atoms with Crippen LogP contribution in [0, 0.1) is 0 Å². The smallest absolute Gasteiger partial charge is 0.301 e. The number of benzene rings is 3. The van der Waals surface area contributed by atoms with E-state index in [9.17, 15) is 4.79 Å². The Balaban J connectivity index is 1.92. The number of aromatic nitrogens is 4. The number of hydrogen-bond acceptors (Lipinski definition) is 4. The van der Waals surface area contributed by atoms with Crippen molar-refractivity contribution in [2.75, 3.05) is 5.73 Å². The Bertz CT molecular complexity index is 1470. The van der Waals surface area contributed by atoms with E-state index in [1.165, 1.54) is 0 Å². The number of halogens is 2. The SMILES string of the molecule is Nc1cccc(-n2cnc3c(=O)nc(-c4ccc(Br)cc4)n(-c4ccc(Cl)cc4)c32)c1. The number of anilines is 1. The Morgan fingerprint density at radius 3 is 2.39 bits per heavy atom. The van der Waals surface area contributed by atoms with Crippen molar-refractivity contribution in [3.63, 3.8) is 0 Å². The second kappa shape index (κ2) is 7.68.